The van der Waals surface area contributed by atoms with Crippen molar-refractivity contribution in [2.75, 3.05) is 0 Å². The molecule has 82 valence electrons. The molecule has 0 fully saturated rings. The third-order valence-corrected chi connectivity index (χ3v) is 3.99. The van der Waals surface area contributed by atoms with E-state index in [2.05, 4.69) is 44.9 Å². The molecule has 0 aromatic rings. The first-order valence-corrected chi connectivity index (χ1v) is 6.39. The molecule has 2 unspecified atom stereocenters. The Bertz CT molecular complexity index is 223. The van der Waals surface area contributed by atoms with Crippen LogP contribution in [0.1, 0.15) is 47.5 Å². The van der Waals surface area contributed by atoms with E-state index in [1.54, 1.807) is 0 Å². The molecule has 1 heterocycles. The van der Waals surface area contributed by atoms with Crippen molar-refractivity contribution in [3.63, 3.8) is 0 Å². The summed E-state index contributed by atoms with van der Waals surface area (Å²) in [6.07, 6.45) is 2.27. The van der Waals surface area contributed by atoms with E-state index in [0.29, 0.717) is 11.3 Å². The molecule has 0 aliphatic carbocycles. The molecule has 0 bridgehead atoms. The predicted molar refractivity (Wildman–Crippen MR) is 66.1 cm³/mol. The zero-order valence-corrected chi connectivity index (χ0v) is 10.7. The summed E-state index contributed by atoms with van der Waals surface area (Å²) in [7, 11) is 0. The minimum Gasteiger partial charge on any atom is -0.360 e. The monoisotopic (exact) mass is 214 g/mol. The molecular formula is C11H22N2S. The molecule has 0 radical (unpaired) electrons. The van der Waals surface area contributed by atoms with Gasteiger partial charge in [0.1, 0.15) is 0 Å². The first-order chi connectivity index (χ1) is 6.48. The Hall–Kier alpha value is -0.180. The van der Waals surface area contributed by atoms with E-state index < -0.39 is 0 Å². The number of rotatable bonds is 3. The van der Waals surface area contributed by atoms with Crippen LogP contribution in [-0.2, 0) is 0 Å². The van der Waals surface area contributed by atoms with Gasteiger partial charge in [-0.1, -0.05) is 32.5 Å². The van der Waals surface area contributed by atoms with E-state index in [1.807, 2.05) is 11.8 Å². The molecule has 14 heavy (non-hydrogen) atoms. The number of amidine groups is 1. The Morgan fingerprint density at radius 2 is 2.07 bits per heavy atom. The SMILES string of the molecule is CCC1N=C(NC(C)(C)CC)SC1C. The van der Waals surface area contributed by atoms with E-state index >= 15 is 0 Å². The highest BCUT2D eigenvalue weighted by Crippen LogP contribution is 2.28. The van der Waals surface area contributed by atoms with Gasteiger partial charge >= 0.3 is 0 Å². The lowest BCUT2D eigenvalue weighted by Gasteiger charge is -2.25. The van der Waals surface area contributed by atoms with Gasteiger partial charge < -0.3 is 5.32 Å². The number of nitrogens with one attached hydrogen (secondary N) is 1. The van der Waals surface area contributed by atoms with Crippen LogP contribution in [0.25, 0.3) is 0 Å². The molecule has 2 nitrogen and oxygen atoms in total. The number of hydrogen-bond donors (Lipinski definition) is 1. The molecule has 1 N–H and O–H groups in total. The van der Waals surface area contributed by atoms with Gasteiger partial charge in [-0.3, -0.25) is 4.99 Å². The van der Waals surface area contributed by atoms with Crippen molar-refractivity contribution in [1.29, 1.82) is 0 Å². The summed E-state index contributed by atoms with van der Waals surface area (Å²) in [5.41, 5.74) is 0.175. The Labute approximate surface area is 92.0 Å². The van der Waals surface area contributed by atoms with Crippen LogP contribution in [0.15, 0.2) is 4.99 Å². The summed E-state index contributed by atoms with van der Waals surface area (Å²) < 4.78 is 0. The molecular weight excluding hydrogens is 192 g/mol. The highest BCUT2D eigenvalue weighted by molar-refractivity contribution is 8.14. The van der Waals surface area contributed by atoms with Crippen molar-refractivity contribution in [2.24, 2.45) is 4.99 Å². The normalized spacial score (nSPS) is 27.6. The van der Waals surface area contributed by atoms with Crippen molar-refractivity contribution in [3.8, 4) is 0 Å². The van der Waals surface area contributed by atoms with Gasteiger partial charge in [-0.25, -0.2) is 0 Å². The van der Waals surface area contributed by atoms with Crippen molar-refractivity contribution < 1.29 is 0 Å². The summed E-state index contributed by atoms with van der Waals surface area (Å²) in [6, 6.07) is 0.509. The summed E-state index contributed by atoms with van der Waals surface area (Å²) in [5.74, 6) is 0. The number of aliphatic imine (C=N–C) groups is 1. The summed E-state index contributed by atoms with van der Waals surface area (Å²) in [4.78, 5) is 4.69. The molecule has 1 rings (SSSR count). The number of nitrogens with zero attached hydrogens (tertiary/aromatic N) is 1. The van der Waals surface area contributed by atoms with Crippen LogP contribution in [0.3, 0.4) is 0 Å². The molecule has 0 saturated heterocycles. The van der Waals surface area contributed by atoms with Gasteiger partial charge in [-0.15, -0.1) is 0 Å². The van der Waals surface area contributed by atoms with Gasteiger partial charge in [0.25, 0.3) is 0 Å². The maximum absolute atomic E-state index is 4.69. The smallest absolute Gasteiger partial charge is 0.157 e. The Kier molecular flexibility index (Phi) is 3.87. The average Bonchev–Trinajstić information content (AvgIpc) is 2.45. The third-order valence-electron chi connectivity index (χ3n) is 2.87. The molecule has 0 aromatic carbocycles. The topological polar surface area (TPSA) is 24.4 Å². The molecule has 0 saturated carbocycles. The molecule has 0 aromatic heterocycles. The van der Waals surface area contributed by atoms with E-state index in [4.69, 9.17) is 0 Å². The molecule has 2 atom stereocenters. The zero-order valence-electron chi connectivity index (χ0n) is 9.92. The van der Waals surface area contributed by atoms with Crippen LogP contribution in [0.4, 0.5) is 0 Å². The lowest BCUT2D eigenvalue weighted by atomic mass is 10.0. The van der Waals surface area contributed by atoms with E-state index in [1.165, 1.54) is 0 Å². The number of thioether (sulfide) groups is 1. The minimum absolute atomic E-state index is 0.175. The fourth-order valence-corrected chi connectivity index (χ4v) is 2.70. The van der Waals surface area contributed by atoms with Gasteiger partial charge in [0.05, 0.1) is 6.04 Å². The molecule has 0 spiro atoms. The minimum atomic E-state index is 0.175. The van der Waals surface area contributed by atoms with Crippen molar-refractivity contribution in [2.45, 2.75) is 64.3 Å². The fraction of sp³-hybridized carbons (Fsp3) is 0.909. The van der Waals surface area contributed by atoms with E-state index in [-0.39, 0.29) is 5.54 Å². The average molecular weight is 214 g/mol. The van der Waals surface area contributed by atoms with Crippen LogP contribution in [-0.4, -0.2) is 22.0 Å². The van der Waals surface area contributed by atoms with Crippen LogP contribution in [0, 0.1) is 0 Å². The van der Waals surface area contributed by atoms with Crippen molar-refractivity contribution in [3.05, 3.63) is 0 Å². The highest BCUT2D eigenvalue weighted by Gasteiger charge is 2.27. The van der Waals surface area contributed by atoms with E-state index in [0.717, 1.165) is 18.0 Å². The van der Waals surface area contributed by atoms with Gasteiger partial charge in [-0.05, 0) is 26.7 Å². The lowest BCUT2D eigenvalue weighted by molar-refractivity contribution is 0.447. The fourth-order valence-electron chi connectivity index (χ4n) is 1.40. The largest absolute Gasteiger partial charge is 0.360 e. The predicted octanol–water partition coefficient (Wildman–Crippen LogP) is 3.03. The number of hydrogen-bond acceptors (Lipinski definition) is 3. The standard InChI is InChI=1S/C11H22N2S/c1-6-9-8(3)14-10(12-9)13-11(4,5)7-2/h8-9H,6-7H2,1-5H3,(H,12,13). The maximum Gasteiger partial charge on any atom is 0.157 e. The molecule has 0 amide bonds. The zero-order chi connectivity index (χ0) is 10.8. The Morgan fingerprint density at radius 3 is 2.50 bits per heavy atom. The van der Waals surface area contributed by atoms with Crippen molar-refractivity contribution >= 4 is 16.9 Å². The first kappa shape index (κ1) is 11.9. The first-order valence-electron chi connectivity index (χ1n) is 5.51. The van der Waals surface area contributed by atoms with E-state index in [9.17, 15) is 0 Å². The van der Waals surface area contributed by atoms with Crippen LogP contribution >= 0.6 is 11.8 Å². The van der Waals surface area contributed by atoms with Gasteiger partial charge in [-0.2, -0.15) is 0 Å². The summed E-state index contributed by atoms with van der Waals surface area (Å²) in [5, 5.41) is 5.28. The maximum atomic E-state index is 4.69. The van der Waals surface area contributed by atoms with Crippen molar-refractivity contribution in [1.82, 2.24) is 5.32 Å². The summed E-state index contributed by atoms with van der Waals surface area (Å²) in [6.45, 7) is 11.1. The van der Waals surface area contributed by atoms with Gasteiger partial charge in [0.15, 0.2) is 5.17 Å². The van der Waals surface area contributed by atoms with Crippen LogP contribution < -0.4 is 5.32 Å². The highest BCUT2D eigenvalue weighted by atomic mass is 32.2. The Balaban J connectivity index is 2.56. The lowest BCUT2D eigenvalue weighted by Crippen LogP contribution is -2.41. The third kappa shape index (κ3) is 2.91. The van der Waals surface area contributed by atoms with Crippen LogP contribution in [0.2, 0.25) is 0 Å². The molecule has 3 heteroatoms. The quantitative estimate of drug-likeness (QED) is 0.781. The van der Waals surface area contributed by atoms with Gasteiger partial charge in [0.2, 0.25) is 0 Å². The second-order valence-corrected chi connectivity index (χ2v) is 5.96. The molecule has 1 aliphatic heterocycles. The molecule has 1 aliphatic rings. The second-order valence-electron chi connectivity index (χ2n) is 4.60. The Morgan fingerprint density at radius 1 is 1.43 bits per heavy atom. The summed E-state index contributed by atoms with van der Waals surface area (Å²) >= 11 is 1.88. The van der Waals surface area contributed by atoms with Gasteiger partial charge in [0, 0.05) is 10.8 Å². The van der Waals surface area contributed by atoms with Crippen LogP contribution in [0.5, 0.6) is 0 Å². The second kappa shape index (κ2) is 4.56.